The fourth-order valence-electron chi connectivity index (χ4n) is 2.14. The van der Waals surface area contributed by atoms with E-state index in [1.54, 1.807) is 0 Å². The minimum absolute atomic E-state index is 0.0531. The Morgan fingerprint density at radius 3 is 2.60 bits per heavy atom. The van der Waals surface area contributed by atoms with Crippen molar-refractivity contribution in [1.82, 2.24) is 5.32 Å². The Hall–Kier alpha value is -1.57. The molecule has 0 saturated heterocycles. The fraction of sp³-hybridized carbons (Fsp3) is 0.562. The third kappa shape index (κ3) is 4.52. The zero-order chi connectivity index (χ0) is 14.8. The minimum atomic E-state index is -0.0531. The van der Waals surface area contributed by atoms with E-state index in [-0.39, 0.29) is 18.6 Å². The second-order valence-electron chi connectivity index (χ2n) is 5.02. The van der Waals surface area contributed by atoms with Crippen molar-refractivity contribution in [3.8, 4) is 11.8 Å². The first-order chi connectivity index (χ1) is 9.71. The van der Waals surface area contributed by atoms with Crippen LogP contribution in [0.1, 0.15) is 32.3 Å². The lowest BCUT2D eigenvalue weighted by Gasteiger charge is -2.29. The molecule has 20 heavy (non-hydrogen) atoms. The second kappa shape index (κ2) is 8.57. The highest BCUT2D eigenvalue weighted by atomic mass is 16.5. The first kappa shape index (κ1) is 16.5. The molecule has 0 aliphatic carbocycles. The van der Waals surface area contributed by atoms with Gasteiger partial charge in [-0.3, -0.25) is 0 Å². The van der Waals surface area contributed by atoms with Gasteiger partial charge in [0.25, 0.3) is 0 Å². The second-order valence-corrected chi connectivity index (χ2v) is 5.02. The van der Waals surface area contributed by atoms with Crippen LogP contribution < -0.4 is 10.1 Å². The predicted octanol–water partition coefficient (Wildman–Crippen LogP) is 2.48. The Morgan fingerprint density at radius 1 is 1.30 bits per heavy atom. The molecule has 0 heterocycles. The van der Waals surface area contributed by atoms with Crippen molar-refractivity contribution in [1.29, 1.82) is 5.26 Å². The maximum atomic E-state index is 9.54. The molecule has 0 aromatic heterocycles. The third-order valence-electron chi connectivity index (χ3n) is 3.92. The molecule has 0 fully saturated rings. The number of benzene rings is 1. The summed E-state index contributed by atoms with van der Waals surface area (Å²) in [6.07, 6.45) is 1.89. The third-order valence-corrected chi connectivity index (χ3v) is 3.92. The van der Waals surface area contributed by atoms with Gasteiger partial charge in [-0.1, -0.05) is 32.0 Å². The summed E-state index contributed by atoms with van der Waals surface area (Å²) in [7, 11) is 0. The van der Waals surface area contributed by atoms with E-state index in [1.807, 2.05) is 30.3 Å². The average Bonchev–Trinajstić information content (AvgIpc) is 2.51. The van der Waals surface area contributed by atoms with Gasteiger partial charge >= 0.3 is 0 Å². The van der Waals surface area contributed by atoms with Crippen LogP contribution in [-0.2, 0) is 6.54 Å². The number of rotatable bonds is 9. The summed E-state index contributed by atoms with van der Waals surface area (Å²) in [5.74, 6) is 0.740. The van der Waals surface area contributed by atoms with E-state index in [0.29, 0.717) is 6.54 Å². The Morgan fingerprint density at radius 2 is 2.00 bits per heavy atom. The summed E-state index contributed by atoms with van der Waals surface area (Å²) >= 11 is 0. The fourth-order valence-corrected chi connectivity index (χ4v) is 2.14. The molecule has 1 rings (SSSR count). The summed E-state index contributed by atoms with van der Waals surface area (Å²) in [6, 6.07) is 9.68. The van der Waals surface area contributed by atoms with Crippen LogP contribution in [0.4, 0.5) is 0 Å². The largest absolute Gasteiger partial charge is 0.478 e. The van der Waals surface area contributed by atoms with Gasteiger partial charge in [0, 0.05) is 30.7 Å². The number of hydrogen-bond donors (Lipinski definition) is 2. The minimum Gasteiger partial charge on any atom is -0.478 e. The van der Waals surface area contributed by atoms with E-state index in [9.17, 15) is 5.11 Å². The van der Waals surface area contributed by atoms with Crippen molar-refractivity contribution in [3.63, 3.8) is 0 Å². The Kier molecular flexibility index (Phi) is 7.06. The Labute approximate surface area is 121 Å². The summed E-state index contributed by atoms with van der Waals surface area (Å²) in [6.45, 7) is 5.89. The molecule has 0 unspecified atom stereocenters. The van der Waals surface area contributed by atoms with Crippen LogP contribution in [0.2, 0.25) is 0 Å². The van der Waals surface area contributed by atoms with Crippen molar-refractivity contribution in [2.45, 2.75) is 33.2 Å². The standard InChI is InChI=1S/C16H24N2O2/c1-3-16(4-2,13-19)12-18-11-14-7-5-6-8-15(14)20-10-9-17/h5-8,18-19H,3-4,10-13H2,1-2H3. The van der Waals surface area contributed by atoms with E-state index in [2.05, 4.69) is 19.2 Å². The molecule has 0 aliphatic rings. The van der Waals surface area contributed by atoms with Crippen LogP contribution in [0, 0.1) is 16.7 Å². The maximum absolute atomic E-state index is 9.54. The van der Waals surface area contributed by atoms with Crippen molar-refractivity contribution < 1.29 is 9.84 Å². The normalized spacial score (nSPS) is 11.1. The van der Waals surface area contributed by atoms with Gasteiger partial charge in [-0.2, -0.15) is 5.26 Å². The monoisotopic (exact) mass is 276 g/mol. The van der Waals surface area contributed by atoms with Crippen molar-refractivity contribution >= 4 is 0 Å². The van der Waals surface area contributed by atoms with Crippen LogP contribution in [0.3, 0.4) is 0 Å². The van der Waals surface area contributed by atoms with Gasteiger partial charge in [0.15, 0.2) is 6.61 Å². The maximum Gasteiger partial charge on any atom is 0.174 e. The highest BCUT2D eigenvalue weighted by molar-refractivity contribution is 5.33. The number of aliphatic hydroxyl groups excluding tert-OH is 1. The smallest absolute Gasteiger partial charge is 0.174 e. The van der Waals surface area contributed by atoms with Gasteiger partial charge in [0.05, 0.1) is 0 Å². The van der Waals surface area contributed by atoms with Crippen LogP contribution in [0.15, 0.2) is 24.3 Å². The number of nitrogens with one attached hydrogen (secondary N) is 1. The Balaban J connectivity index is 2.59. The SMILES string of the molecule is CCC(CC)(CO)CNCc1ccccc1OCC#N. The molecule has 1 aromatic rings. The molecule has 1 aromatic carbocycles. The van der Waals surface area contributed by atoms with Crippen molar-refractivity contribution in [2.75, 3.05) is 19.8 Å². The van der Waals surface area contributed by atoms with Crippen LogP contribution in [0.25, 0.3) is 0 Å². The molecule has 0 amide bonds. The van der Waals surface area contributed by atoms with Crippen LogP contribution in [-0.4, -0.2) is 24.9 Å². The molecular formula is C16H24N2O2. The summed E-state index contributed by atoms with van der Waals surface area (Å²) in [5.41, 5.74) is 0.976. The lowest BCUT2D eigenvalue weighted by molar-refractivity contribution is 0.113. The van der Waals surface area contributed by atoms with Crippen LogP contribution >= 0.6 is 0 Å². The molecule has 4 heteroatoms. The molecule has 0 spiro atoms. The van der Waals surface area contributed by atoms with E-state index < -0.39 is 0 Å². The summed E-state index contributed by atoms with van der Waals surface area (Å²) in [5, 5.41) is 21.5. The van der Waals surface area contributed by atoms with Gasteiger partial charge in [-0.05, 0) is 18.9 Å². The van der Waals surface area contributed by atoms with E-state index in [0.717, 1.165) is 30.7 Å². The number of nitriles is 1. The number of aliphatic hydroxyl groups is 1. The number of nitrogens with zero attached hydrogens (tertiary/aromatic N) is 1. The molecule has 0 radical (unpaired) electrons. The number of para-hydroxylation sites is 1. The number of ether oxygens (including phenoxy) is 1. The highest BCUT2D eigenvalue weighted by Gasteiger charge is 2.24. The first-order valence-electron chi connectivity index (χ1n) is 7.10. The Bertz CT molecular complexity index is 428. The van der Waals surface area contributed by atoms with Gasteiger partial charge in [-0.15, -0.1) is 0 Å². The first-order valence-corrected chi connectivity index (χ1v) is 7.10. The van der Waals surface area contributed by atoms with Gasteiger partial charge in [0.2, 0.25) is 0 Å². The molecule has 110 valence electrons. The molecular weight excluding hydrogens is 252 g/mol. The molecule has 2 N–H and O–H groups in total. The molecule has 0 saturated carbocycles. The zero-order valence-corrected chi connectivity index (χ0v) is 12.4. The molecule has 0 atom stereocenters. The van der Waals surface area contributed by atoms with Crippen molar-refractivity contribution in [2.24, 2.45) is 5.41 Å². The van der Waals surface area contributed by atoms with E-state index in [1.165, 1.54) is 0 Å². The topological polar surface area (TPSA) is 65.3 Å². The lowest BCUT2D eigenvalue weighted by Crippen LogP contribution is -2.36. The lowest BCUT2D eigenvalue weighted by atomic mass is 9.83. The summed E-state index contributed by atoms with van der Waals surface area (Å²) in [4.78, 5) is 0. The average molecular weight is 276 g/mol. The number of hydrogen-bond acceptors (Lipinski definition) is 4. The molecule has 4 nitrogen and oxygen atoms in total. The van der Waals surface area contributed by atoms with E-state index >= 15 is 0 Å². The summed E-state index contributed by atoms with van der Waals surface area (Å²) < 4.78 is 5.40. The zero-order valence-electron chi connectivity index (χ0n) is 12.4. The van der Waals surface area contributed by atoms with Crippen molar-refractivity contribution in [3.05, 3.63) is 29.8 Å². The van der Waals surface area contributed by atoms with Gasteiger partial charge < -0.3 is 15.2 Å². The van der Waals surface area contributed by atoms with Crippen LogP contribution in [0.5, 0.6) is 5.75 Å². The van der Waals surface area contributed by atoms with Gasteiger partial charge in [-0.25, -0.2) is 0 Å². The highest BCUT2D eigenvalue weighted by Crippen LogP contribution is 2.25. The van der Waals surface area contributed by atoms with E-state index in [4.69, 9.17) is 10.00 Å². The van der Waals surface area contributed by atoms with Gasteiger partial charge in [0.1, 0.15) is 11.8 Å². The predicted molar refractivity (Wildman–Crippen MR) is 79.4 cm³/mol. The molecule has 0 aliphatic heterocycles. The molecule has 0 bridgehead atoms. The quantitative estimate of drug-likeness (QED) is 0.727.